The van der Waals surface area contributed by atoms with Gasteiger partial charge in [-0.25, -0.2) is 0 Å². The molecule has 0 bridgehead atoms. The van der Waals surface area contributed by atoms with Crippen LogP contribution in [-0.2, 0) is 0 Å². The molecule has 0 saturated heterocycles. The van der Waals surface area contributed by atoms with Crippen LogP contribution >= 0.6 is 11.8 Å². The molecule has 3 heteroatoms. The first-order chi connectivity index (χ1) is 6.83. The van der Waals surface area contributed by atoms with Crippen LogP contribution in [0.4, 0.5) is 0 Å². The van der Waals surface area contributed by atoms with Crippen LogP contribution in [0.3, 0.4) is 0 Å². The minimum atomic E-state index is 0.188. The maximum absolute atomic E-state index is 9.59. The van der Waals surface area contributed by atoms with Gasteiger partial charge in [-0.05, 0) is 16.8 Å². The van der Waals surface area contributed by atoms with Crippen molar-refractivity contribution in [3.8, 4) is 5.75 Å². The van der Waals surface area contributed by atoms with Crippen LogP contribution in [0.5, 0.6) is 5.75 Å². The van der Waals surface area contributed by atoms with Gasteiger partial charge in [0.25, 0.3) is 0 Å². The third kappa shape index (κ3) is 1.44. The molecule has 0 spiro atoms. The summed E-state index contributed by atoms with van der Waals surface area (Å²) in [6.07, 6.45) is 1.44. The lowest BCUT2D eigenvalue weighted by atomic mass is 10.0. The Hall–Kier alpha value is -1.54. The van der Waals surface area contributed by atoms with E-state index in [1.165, 1.54) is 6.21 Å². The summed E-state index contributed by atoms with van der Waals surface area (Å²) in [6, 6.07) is 11.2. The highest BCUT2D eigenvalue weighted by atomic mass is 35.5. The van der Waals surface area contributed by atoms with Crippen molar-refractivity contribution in [3.63, 3.8) is 0 Å². The summed E-state index contributed by atoms with van der Waals surface area (Å²) in [5, 5.41) is 11.6. The molecule has 0 aliphatic rings. The van der Waals surface area contributed by atoms with Gasteiger partial charge >= 0.3 is 0 Å². The van der Waals surface area contributed by atoms with E-state index < -0.39 is 0 Å². The molecule has 0 atom stereocenters. The maximum atomic E-state index is 9.59. The maximum Gasteiger partial charge on any atom is 0.125 e. The van der Waals surface area contributed by atoms with Gasteiger partial charge in [0.1, 0.15) is 5.75 Å². The van der Waals surface area contributed by atoms with Gasteiger partial charge < -0.3 is 5.11 Å². The van der Waals surface area contributed by atoms with Crippen molar-refractivity contribution in [2.45, 2.75) is 0 Å². The fraction of sp³-hybridized carbons (Fsp3) is 0. The largest absolute Gasteiger partial charge is 0.507 e. The highest BCUT2D eigenvalue weighted by molar-refractivity contribution is 6.20. The number of aromatic hydroxyl groups is 1. The standard InChI is InChI=1S/C11H8ClNO/c12-13-7-10-9-4-2-1-3-8(9)5-6-11(10)14/h1-7,14H. The number of halogens is 1. The van der Waals surface area contributed by atoms with E-state index in [2.05, 4.69) is 4.51 Å². The summed E-state index contributed by atoms with van der Waals surface area (Å²) >= 11 is 5.27. The molecule has 14 heavy (non-hydrogen) atoms. The van der Waals surface area contributed by atoms with Crippen molar-refractivity contribution < 1.29 is 5.11 Å². The van der Waals surface area contributed by atoms with Crippen LogP contribution in [0.15, 0.2) is 40.9 Å². The Labute approximate surface area is 86.6 Å². The molecule has 0 aliphatic heterocycles. The Morgan fingerprint density at radius 3 is 2.71 bits per heavy atom. The number of phenolic OH excluding ortho intramolecular Hbond substituents is 1. The molecule has 0 radical (unpaired) electrons. The fourth-order valence-corrected chi connectivity index (χ4v) is 1.57. The van der Waals surface area contributed by atoms with Gasteiger partial charge in [0.15, 0.2) is 0 Å². The Kier molecular flexibility index (Phi) is 2.37. The molecule has 0 unspecified atom stereocenters. The second kappa shape index (κ2) is 3.68. The lowest BCUT2D eigenvalue weighted by Crippen LogP contribution is -1.84. The number of hydrogen-bond acceptors (Lipinski definition) is 2. The summed E-state index contributed by atoms with van der Waals surface area (Å²) in [7, 11) is 0. The van der Waals surface area contributed by atoms with Crippen molar-refractivity contribution in [3.05, 3.63) is 42.0 Å². The molecule has 2 nitrogen and oxygen atoms in total. The third-order valence-electron chi connectivity index (χ3n) is 2.13. The summed E-state index contributed by atoms with van der Waals surface area (Å²) in [4.78, 5) is 0. The number of hydrogen-bond donors (Lipinski definition) is 1. The molecule has 0 aliphatic carbocycles. The fourth-order valence-electron chi connectivity index (χ4n) is 1.47. The van der Waals surface area contributed by atoms with Gasteiger partial charge in [0, 0.05) is 17.3 Å². The molecule has 0 aromatic heterocycles. The smallest absolute Gasteiger partial charge is 0.125 e. The minimum absolute atomic E-state index is 0.188. The zero-order chi connectivity index (χ0) is 9.97. The average Bonchev–Trinajstić information content (AvgIpc) is 2.23. The summed E-state index contributed by atoms with van der Waals surface area (Å²) < 4.78 is 3.40. The first-order valence-electron chi connectivity index (χ1n) is 4.18. The van der Waals surface area contributed by atoms with E-state index in [-0.39, 0.29) is 5.75 Å². The first-order valence-corrected chi connectivity index (χ1v) is 4.52. The van der Waals surface area contributed by atoms with Gasteiger partial charge in [-0.2, -0.15) is 4.51 Å². The van der Waals surface area contributed by atoms with Crippen LogP contribution in [0.1, 0.15) is 5.56 Å². The zero-order valence-corrected chi connectivity index (χ0v) is 8.07. The lowest BCUT2D eigenvalue weighted by molar-refractivity contribution is 0.475. The zero-order valence-electron chi connectivity index (χ0n) is 7.31. The molecule has 0 amide bonds. The summed E-state index contributed by atoms with van der Waals surface area (Å²) in [5.41, 5.74) is 0.651. The summed E-state index contributed by atoms with van der Waals surface area (Å²) in [6.45, 7) is 0. The van der Waals surface area contributed by atoms with E-state index in [4.69, 9.17) is 11.8 Å². The number of phenols is 1. The molecule has 2 aromatic rings. The topological polar surface area (TPSA) is 32.6 Å². The second-order valence-corrected chi connectivity index (χ2v) is 3.14. The molecule has 0 heterocycles. The minimum Gasteiger partial charge on any atom is -0.507 e. The van der Waals surface area contributed by atoms with Gasteiger partial charge in [-0.15, -0.1) is 0 Å². The molecule has 1 N–H and O–H groups in total. The summed E-state index contributed by atoms with van der Waals surface area (Å²) in [5.74, 6) is 0.188. The van der Waals surface area contributed by atoms with E-state index in [0.29, 0.717) is 5.56 Å². The van der Waals surface area contributed by atoms with Gasteiger partial charge in [-0.3, -0.25) is 0 Å². The molecule has 70 valence electrons. The normalized spacial score (nSPS) is 11.2. The highest BCUT2D eigenvalue weighted by Gasteiger charge is 2.03. The van der Waals surface area contributed by atoms with Crippen molar-refractivity contribution in [2.75, 3.05) is 0 Å². The van der Waals surface area contributed by atoms with E-state index in [9.17, 15) is 5.11 Å². The average molecular weight is 206 g/mol. The van der Waals surface area contributed by atoms with Crippen LogP contribution < -0.4 is 0 Å². The van der Waals surface area contributed by atoms with Gasteiger partial charge in [-0.1, -0.05) is 30.3 Å². The predicted octanol–water partition coefficient (Wildman–Crippen LogP) is 3.12. The number of rotatable bonds is 1. The number of fused-ring (bicyclic) bond motifs is 1. The number of nitrogens with zero attached hydrogens (tertiary/aromatic N) is 1. The van der Waals surface area contributed by atoms with E-state index in [1.807, 2.05) is 30.3 Å². The highest BCUT2D eigenvalue weighted by Crippen LogP contribution is 2.25. The SMILES string of the molecule is Oc1ccc2ccccc2c1C=NCl. The molecule has 2 aromatic carbocycles. The van der Waals surface area contributed by atoms with Crippen molar-refractivity contribution in [1.82, 2.24) is 0 Å². The quantitative estimate of drug-likeness (QED) is 0.713. The Bertz CT molecular complexity index is 494. The van der Waals surface area contributed by atoms with E-state index in [1.54, 1.807) is 6.07 Å². The van der Waals surface area contributed by atoms with Gasteiger partial charge in [0.05, 0.1) is 6.21 Å². The van der Waals surface area contributed by atoms with Crippen molar-refractivity contribution >= 4 is 28.8 Å². The molecular formula is C11H8ClNO. The second-order valence-electron chi connectivity index (χ2n) is 2.95. The monoisotopic (exact) mass is 205 g/mol. The predicted molar refractivity (Wildman–Crippen MR) is 59.1 cm³/mol. The number of benzene rings is 2. The van der Waals surface area contributed by atoms with Crippen LogP contribution in [0.25, 0.3) is 10.8 Å². The third-order valence-corrected chi connectivity index (χ3v) is 2.22. The van der Waals surface area contributed by atoms with Crippen molar-refractivity contribution in [1.29, 1.82) is 0 Å². The molecule has 0 saturated carbocycles. The molecular weight excluding hydrogens is 198 g/mol. The Balaban J connectivity index is 2.82. The molecule has 0 fully saturated rings. The Morgan fingerprint density at radius 1 is 1.14 bits per heavy atom. The Morgan fingerprint density at radius 2 is 1.93 bits per heavy atom. The molecule has 2 rings (SSSR count). The van der Waals surface area contributed by atoms with E-state index >= 15 is 0 Å². The van der Waals surface area contributed by atoms with Crippen LogP contribution in [0.2, 0.25) is 0 Å². The van der Waals surface area contributed by atoms with Gasteiger partial charge in [0.2, 0.25) is 0 Å². The lowest BCUT2D eigenvalue weighted by Gasteiger charge is -2.03. The van der Waals surface area contributed by atoms with Crippen molar-refractivity contribution in [2.24, 2.45) is 4.51 Å². The van der Waals surface area contributed by atoms with Crippen LogP contribution in [-0.4, -0.2) is 11.3 Å². The van der Waals surface area contributed by atoms with E-state index in [0.717, 1.165) is 10.8 Å². The van der Waals surface area contributed by atoms with Crippen LogP contribution in [0, 0.1) is 0 Å². The first kappa shape index (κ1) is 9.03.